The van der Waals surface area contributed by atoms with Crippen LogP contribution in [0, 0.1) is 0 Å². The number of carboxylic acid groups (broad SMARTS) is 1. The third-order valence-corrected chi connectivity index (χ3v) is 2.40. The minimum atomic E-state index is -4.77. The molecular formula is C10H7F3N2O3. The Kier molecular flexibility index (Phi) is 2.74. The molecule has 1 heterocycles. The number of alkyl halides is 3. The number of fused-ring (bicyclic) bond motifs is 1. The van der Waals surface area contributed by atoms with E-state index in [0.29, 0.717) is 4.68 Å². The molecule has 0 aliphatic heterocycles. The summed E-state index contributed by atoms with van der Waals surface area (Å²) in [6.45, 7) is 0. The van der Waals surface area contributed by atoms with Gasteiger partial charge in [-0.15, -0.1) is 0 Å². The van der Waals surface area contributed by atoms with Crippen LogP contribution in [0.5, 0.6) is 0 Å². The van der Waals surface area contributed by atoms with Gasteiger partial charge in [0.25, 0.3) is 0 Å². The van der Waals surface area contributed by atoms with E-state index in [1.165, 1.54) is 6.07 Å². The van der Waals surface area contributed by atoms with Gasteiger partial charge in [0, 0.05) is 5.39 Å². The van der Waals surface area contributed by atoms with Gasteiger partial charge in [-0.3, -0.25) is 0 Å². The highest BCUT2D eigenvalue weighted by atomic mass is 19.4. The maximum Gasteiger partial charge on any atom is 0.432 e. The Bertz CT molecular complexity index is 606. The van der Waals surface area contributed by atoms with Gasteiger partial charge in [0.2, 0.25) is 0 Å². The predicted molar refractivity (Wildman–Crippen MR) is 54.2 cm³/mol. The molecule has 1 aromatic carbocycles. The molecule has 1 aromatic heterocycles. The molecule has 96 valence electrons. The normalized spacial score (nSPS) is 13.8. The first-order valence-corrected chi connectivity index (χ1v) is 4.76. The van der Waals surface area contributed by atoms with E-state index in [1.807, 2.05) is 0 Å². The van der Waals surface area contributed by atoms with Gasteiger partial charge in [-0.2, -0.15) is 23.0 Å². The van der Waals surface area contributed by atoms with Crippen LogP contribution < -0.4 is 0 Å². The lowest BCUT2D eigenvalue weighted by atomic mass is 10.1. The average molecular weight is 260 g/mol. The van der Waals surface area contributed by atoms with Gasteiger partial charge in [0.05, 0.1) is 11.7 Å². The van der Waals surface area contributed by atoms with Crippen molar-refractivity contribution in [2.24, 2.45) is 0 Å². The van der Waals surface area contributed by atoms with Crippen LogP contribution in [0.25, 0.3) is 10.9 Å². The van der Waals surface area contributed by atoms with Crippen molar-refractivity contribution in [3.8, 4) is 0 Å². The first-order valence-electron chi connectivity index (χ1n) is 4.76. The number of rotatable bonds is 1. The number of halogens is 3. The summed E-state index contributed by atoms with van der Waals surface area (Å²) in [5.74, 6) is 0. The summed E-state index contributed by atoms with van der Waals surface area (Å²) in [4.78, 5) is 10.7. The molecule has 1 atom stereocenters. The van der Waals surface area contributed by atoms with Crippen molar-refractivity contribution < 1.29 is 28.2 Å². The van der Waals surface area contributed by atoms with E-state index >= 15 is 0 Å². The monoisotopic (exact) mass is 260 g/mol. The quantitative estimate of drug-likeness (QED) is 0.823. The SMILES string of the molecule is O=C(O)n1ncc2cc(C(O)C(F)(F)F)ccc21. The number of carbonyl (C=O) groups is 1. The lowest BCUT2D eigenvalue weighted by molar-refractivity contribution is -0.206. The highest BCUT2D eigenvalue weighted by molar-refractivity contribution is 5.87. The number of hydrogen-bond acceptors (Lipinski definition) is 3. The zero-order chi connectivity index (χ0) is 13.5. The van der Waals surface area contributed by atoms with Gasteiger partial charge in [0.1, 0.15) is 0 Å². The van der Waals surface area contributed by atoms with E-state index in [1.54, 1.807) is 0 Å². The summed E-state index contributed by atoms with van der Waals surface area (Å²) in [6, 6.07) is 3.24. The fourth-order valence-corrected chi connectivity index (χ4v) is 1.56. The molecule has 0 radical (unpaired) electrons. The van der Waals surface area contributed by atoms with Crippen LogP contribution >= 0.6 is 0 Å². The highest BCUT2D eigenvalue weighted by Crippen LogP contribution is 2.33. The third kappa shape index (κ3) is 2.02. The molecule has 0 spiro atoms. The molecule has 0 fully saturated rings. The molecule has 18 heavy (non-hydrogen) atoms. The van der Waals surface area contributed by atoms with Crippen molar-refractivity contribution in [3.63, 3.8) is 0 Å². The molecule has 8 heteroatoms. The van der Waals surface area contributed by atoms with Crippen molar-refractivity contribution in [2.45, 2.75) is 12.3 Å². The Labute approximate surface area is 98.1 Å². The lowest BCUT2D eigenvalue weighted by Crippen LogP contribution is -2.20. The summed E-state index contributed by atoms with van der Waals surface area (Å²) >= 11 is 0. The van der Waals surface area contributed by atoms with E-state index in [4.69, 9.17) is 10.2 Å². The van der Waals surface area contributed by atoms with E-state index in [-0.39, 0.29) is 16.5 Å². The fraction of sp³-hybridized carbons (Fsp3) is 0.200. The van der Waals surface area contributed by atoms with Gasteiger partial charge in [-0.25, -0.2) is 4.79 Å². The third-order valence-electron chi connectivity index (χ3n) is 2.40. The molecule has 0 amide bonds. The zero-order valence-corrected chi connectivity index (χ0v) is 8.72. The summed E-state index contributed by atoms with van der Waals surface area (Å²) in [6.07, 6.45) is -7.59. The van der Waals surface area contributed by atoms with Crippen LogP contribution in [0.3, 0.4) is 0 Å². The molecule has 0 aliphatic rings. The van der Waals surface area contributed by atoms with Gasteiger partial charge < -0.3 is 10.2 Å². The Morgan fingerprint density at radius 3 is 2.61 bits per heavy atom. The van der Waals surface area contributed by atoms with Crippen LogP contribution in [0.4, 0.5) is 18.0 Å². The molecular weight excluding hydrogens is 253 g/mol. The van der Waals surface area contributed by atoms with E-state index in [9.17, 15) is 18.0 Å². The Balaban J connectivity index is 2.50. The molecule has 0 aliphatic carbocycles. The predicted octanol–water partition coefficient (Wildman–Crippen LogP) is 2.16. The Hall–Kier alpha value is -2.09. The van der Waals surface area contributed by atoms with Crippen molar-refractivity contribution in [3.05, 3.63) is 30.0 Å². The van der Waals surface area contributed by atoms with Crippen molar-refractivity contribution in [1.82, 2.24) is 9.78 Å². The van der Waals surface area contributed by atoms with Crippen molar-refractivity contribution in [2.75, 3.05) is 0 Å². The van der Waals surface area contributed by atoms with Crippen LogP contribution in [0.2, 0.25) is 0 Å². The Morgan fingerprint density at radius 1 is 1.39 bits per heavy atom. The van der Waals surface area contributed by atoms with Crippen molar-refractivity contribution in [1.29, 1.82) is 0 Å². The molecule has 0 saturated carbocycles. The fourth-order valence-electron chi connectivity index (χ4n) is 1.56. The minimum Gasteiger partial charge on any atom is -0.463 e. The molecule has 2 N–H and O–H groups in total. The van der Waals surface area contributed by atoms with Crippen LogP contribution in [0.15, 0.2) is 24.4 Å². The number of aliphatic hydroxyl groups is 1. The second-order valence-electron chi connectivity index (χ2n) is 3.60. The molecule has 0 bridgehead atoms. The van der Waals surface area contributed by atoms with Gasteiger partial charge >= 0.3 is 12.3 Å². The zero-order valence-electron chi connectivity index (χ0n) is 8.72. The van der Waals surface area contributed by atoms with Gasteiger partial charge in [0.15, 0.2) is 6.10 Å². The summed E-state index contributed by atoms with van der Waals surface area (Å²) in [5, 5.41) is 21.5. The maximum atomic E-state index is 12.3. The number of benzene rings is 1. The van der Waals surface area contributed by atoms with Gasteiger partial charge in [-0.1, -0.05) is 6.07 Å². The Morgan fingerprint density at radius 2 is 2.06 bits per heavy atom. The first-order chi connectivity index (χ1) is 8.30. The average Bonchev–Trinajstić information content (AvgIpc) is 2.69. The molecule has 2 rings (SSSR count). The topological polar surface area (TPSA) is 75.3 Å². The molecule has 5 nitrogen and oxygen atoms in total. The smallest absolute Gasteiger partial charge is 0.432 e. The van der Waals surface area contributed by atoms with E-state index in [2.05, 4.69) is 5.10 Å². The van der Waals surface area contributed by atoms with Crippen LogP contribution in [0.1, 0.15) is 11.7 Å². The number of nitrogens with zero attached hydrogens (tertiary/aromatic N) is 2. The maximum absolute atomic E-state index is 12.3. The van der Waals surface area contributed by atoms with Crippen LogP contribution in [-0.4, -0.2) is 32.3 Å². The van der Waals surface area contributed by atoms with Gasteiger partial charge in [-0.05, 0) is 17.7 Å². The number of aliphatic hydroxyl groups excluding tert-OH is 1. The van der Waals surface area contributed by atoms with E-state index in [0.717, 1.165) is 18.3 Å². The summed E-state index contributed by atoms with van der Waals surface area (Å²) in [5.41, 5.74) is -0.208. The second-order valence-corrected chi connectivity index (χ2v) is 3.60. The second kappa shape index (κ2) is 3.98. The highest BCUT2D eigenvalue weighted by Gasteiger charge is 2.39. The standard InChI is InChI=1S/C10H7F3N2O3/c11-10(12,13)8(16)5-1-2-7-6(3-5)4-14-15(7)9(17)18/h1-4,8,16H,(H,17,18). The summed E-state index contributed by atoms with van der Waals surface area (Å²) < 4.78 is 37.5. The lowest BCUT2D eigenvalue weighted by Gasteiger charge is -2.14. The largest absolute Gasteiger partial charge is 0.463 e. The minimum absolute atomic E-state index is 0.153. The molecule has 1 unspecified atom stereocenters. The van der Waals surface area contributed by atoms with E-state index < -0.39 is 18.4 Å². The number of hydrogen-bond donors (Lipinski definition) is 2. The molecule has 0 saturated heterocycles. The van der Waals surface area contributed by atoms with Crippen molar-refractivity contribution >= 4 is 17.0 Å². The first kappa shape index (κ1) is 12.4. The van der Waals surface area contributed by atoms with Crippen LogP contribution in [-0.2, 0) is 0 Å². The number of aromatic nitrogens is 2. The summed E-state index contributed by atoms with van der Waals surface area (Å²) in [7, 11) is 0. The molecule has 2 aromatic rings.